The van der Waals surface area contributed by atoms with Gasteiger partial charge in [-0.1, -0.05) is 37.1 Å². The molecule has 0 aromatic heterocycles. The van der Waals surface area contributed by atoms with Gasteiger partial charge in [-0.25, -0.2) is 0 Å². The van der Waals surface area contributed by atoms with Crippen molar-refractivity contribution in [2.75, 3.05) is 7.11 Å². The zero-order valence-electron chi connectivity index (χ0n) is 8.36. The van der Waals surface area contributed by atoms with Crippen LogP contribution in [0.4, 0.5) is 0 Å². The van der Waals surface area contributed by atoms with Crippen LogP contribution < -0.4 is 4.74 Å². The van der Waals surface area contributed by atoms with Crippen molar-refractivity contribution in [2.45, 2.75) is 26.7 Å². The topological polar surface area (TPSA) is 9.23 Å². The van der Waals surface area contributed by atoms with Gasteiger partial charge in [-0.05, 0) is 24.5 Å². The highest BCUT2D eigenvalue weighted by molar-refractivity contribution is 6.32. The third kappa shape index (κ3) is 2.16. The minimum atomic E-state index is 0.744. The van der Waals surface area contributed by atoms with Gasteiger partial charge in [0.2, 0.25) is 0 Å². The molecular weight excluding hydrogens is 184 g/mol. The Hall–Kier alpha value is -0.690. The van der Waals surface area contributed by atoms with Crippen molar-refractivity contribution in [3.63, 3.8) is 0 Å². The second-order valence-electron chi connectivity index (χ2n) is 3.14. The van der Waals surface area contributed by atoms with E-state index in [-0.39, 0.29) is 0 Å². The molecule has 0 spiro atoms. The molecule has 0 unspecified atom stereocenters. The maximum atomic E-state index is 6.11. The van der Waals surface area contributed by atoms with Gasteiger partial charge in [0.25, 0.3) is 0 Å². The summed E-state index contributed by atoms with van der Waals surface area (Å²) in [6.07, 6.45) is 2.12. The van der Waals surface area contributed by atoms with E-state index in [1.165, 1.54) is 5.56 Å². The number of rotatable bonds is 3. The molecule has 0 saturated carbocycles. The standard InChI is InChI=1S/C11H15ClO/c1-4-5-9-7-6-8(2)10(12)11(9)13-3/h6-7H,4-5H2,1-3H3. The fraction of sp³-hybridized carbons (Fsp3) is 0.455. The average molecular weight is 199 g/mol. The lowest BCUT2D eigenvalue weighted by atomic mass is 10.1. The van der Waals surface area contributed by atoms with E-state index in [9.17, 15) is 0 Å². The molecule has 0 atom stereocenters. The lowest BCUT2D eigenvalue weighted by molar-refractivity contribution is 0.409. The number of aryl methyl sites for hydroxylation is 2. The summed E-state index contributed by atoms with van der Waals surface area (Å²) in [7, 11) is 1.67. The molecular formula is C11H15ClO. The Morgan fingerprint density at radius 2 is 2.08 bits per heavy atom. The number of halogens is 1. The highest BCUT2D eigenvalue weighted by Gasteiger charge is 2.08. The number of hydrogen-bond donors (Lipinski definition) is 0. The lowest BCUT2D eigenvalue weighted by Crippen LogP contribution is -1.94. The molecule has 0 amide bonds. The van der Waals surface area contributed by atoms with Crippen molar-refractivity contribution < 1.29 is 4.74 Å². The first-order chi connectivity index (χ1) is 6.20. The van der Waals surface area contributed by atoms with Crippen LogP contribution in [0.15, 0.2) is 12.1 Å². The summed E-state index contributed by atoms with van der Waals surface area (Å²) in [6, 6.07) is 4.12. The summed E-state index contributed by atoms with van der Waals surface area (Å²) in [6.45, 7) is 4.13. The second-order valence-corrected chi connectivity index (χ2v) is 3.52. The zero-order chi connectivity index (χ0) is 9.84. The molecule has 0 radical (unpaired) electrons. The maximum Gasteiger partial charge on any atom is 0.140 e. The normalized spacial score (nSPS) is 10.2. The maximum absolute atomic E-state index is 6.11. The van der Waals surface area contributed by atoms with Gasteiger partial charge in [0.05, 0.1) is 12.1 Å². The second kappa shape index (κ2) is 4.52. The Balaban J connectivity index is 3.13. The number of methoxy groups -OCH3 is 1. The van der Waals surface area contributed by atoms with Crippen molar-refractivity contribution in [1.29, 1.82) is 0 Å². The van der Waals surface area contributed by atoms with E-state index in [0.717, 1.165) is 29.2 Å². The summed E-state index contributed by atoms with van der Waals surface area (Å²) in [5, 5.41) is 0.744. The van der Waals surface area contributed by atoms with E-state index in [1.54, 1.807) is 7.11 Å². The summed E-state index contributed by atoms with van der Waals surface area (Å²) >= 11 is 6.11. The van der Waals surface area contributed by atoms with Gasteiger partial charge >= 0.3 is 0 Å². The molecule has 1 aromatic carbocycles. The van der Waals surface area contributed by atoms with Crippen LogP contribution in [0, 0.1) is 6.92 Å². The van der Waals surface area contributed by atoms with Crippen LogP contribution in [-0.2, 0) is 6.42 Å². The van der Waals surface area contributed by atoms with Crippen molar-refractivity contribution in [3.05, 3.63) is 28.3 Å². The molecule has 0 aliphatic carbocycles. The number of benzene rings is 1. The number of ether oxygens (including phenoxy) is 1. The van der Waals surface area contributed by atoms with Gasteiger partial charge in [-0.15, -0.1) is 0 Å². The highest BCUT2D eigenvalue weighted by Crippen LogP contribution is 2.32. The minimum Gasteiger partial charge on any atom is -0.495 e. The van der Waals surface area contributed by atoms with E-state index >= 15 is 0 Å². The van der Waals surface area contributed by atoms with E-state index in [0.29, 0.717) is 0 Å². The van der Waals surface area contributed by atoms with E-state index < -0.39 is 0 Å². The van der Waals surface area contributed by atoms with E-state index in [2.05, 4.69) is 13.0 Å². The predicted octanol–water partition coefficient (Wildman–Crippen LogP) is 3.61. The molecule has 1 aromatic rings. The van der Waals surface area contributed by atoms with Crippen molar-refractivity contribution in [3.8, 4) is 5.75 Å². The Morgan fingerprint density at radius 1 is 1.38 bits per heavy atom. The van der Waals surface area contributed by atoms with Crippen LogP contribution in [-0.4, -0.2) is 7.11 Å². The van der Waals surface area contributed by atoms with Crippen LogP contribution in [0.1, 0.15) is 24.5 Å². The largest absolute Gasteiger partial charge is 0.495 e. The van der Waals surface area contributed by atoms with Crippen LogP contribution >= 0.6 is 11.6 Å². The molecule has 0 heterocycles. The van der Waals surface area contributed by atoms with Crippen molar-refractivity contribution in [1.82, 2.24) is 0 Å². The molecule has 2 heteroatoms. The zero-order valence-corrected chi connectivity index (χ0v) is 9.11. The summed E-state index contributed by atoms with van der Waals surface area (Å²) in [5.74, 6) is 0.837. The third-order valence-electron chi connectivity index (χ3n) is 2.10. The molecule has 0 aliphatic heterocycles. The molecule has 1 rings (SSSR count). The SMILES string of the molecule is CCCc1ccc(C)c(Cl)c1OC. The minimum absolute atomic E-state index is 0.744. The van der Waals surface area contributed by atoms with Gasteiger partial charge < -0.3 is 4.74 Å². The summed E-state index contributed by atoms with van der Waals surface area (Å²) in [5.41, 5.74) is 2.26. The monoisotopic (exact) mass is 198 g/mol. The van der Waals surface area contributed by atoms with Gasteiger partial charge in [0.1, 0.15) is 5.75 Å². The van der Waals surface area contributed by atoms with E-state index in [4.69, 9.17) is 16.3 Å². The molecule has 0 N–H and O–H groups in total. The summed E-state index contributed by atoms with van der Waals surface area (Å²) in [4.78, 5) is 0. The van der Waals surface area contributed by atoms with Gasteiger partial charge in [0, 0.05) is 0 Å². The van der Waals surface area contributed by atoms with Crippen LogP contribution in [0.25, 0.3) is 0 Å². The first kappa shape index (κ1) is 10.4. The lowest BCUT2D eigenvalue weighted by Gasteiger charge is -2.11. The third-order valence-corrected chi connectivity index (χ3v) is 2.56. The fourth-order valence-corrected chi connectivity index (χ4v) is 1.64. The van der Waals surface area contributed by atoms with Crippen LogP contribution in [0.2, 0.25) is 5.02 Å². The fourth-order valence-electron chi connectivity index (χ4n) is 1.38. The summed E-state index contributed by atoms with van der Waals surface area (Å²) < 4.78 is 5.28. The quantitative estimate of drug-likeness (QED) is 0.721. The molecule has 72 valence electrons. The smallest absolute Gasteiger partial charge is 0.140 e. The Bertz CT molecular complexity index is 294. The van der Waals surface area contributed by atoms with Crippen molar-refractivity contribution >= 4 is 11.6 Å². The molecule has 0 aliphatic rings. The first-order valence-corrected chi connectivity index (χ1v) is 4.90. The predicted molar refractivity (Wildman–Crippen MR) is 56.7 cm³/mol. The van der Waals surface area contributed by atoms with Crippen LogP contribution in [0.3, 0.4) is 0 Å². The Labute approximate surface area is 84.7 Å². The Kier molecular flexibility index (Phi) is 3.61. The Morgan fingerprint density at radius 3 is 2.62 bits per heavy atom. The highest BCUT2D eigenvalue weighted by atomic mass is 35.5. The average Bonchev–Trinajstić information content (AvgIpc) is 2.12. The molecule has 1 nitrogen and oxygen atoms in total. The van der Waals surface area contributed by atoms with Gasteiger partial charge in [-0.2, -0.15) is 0 Å². The van der Waals surface area contributed by atoms with Crippen LogP contribution in [0.5, 0.6) is 5.75 Å². The molecule has 0 saturated heterocycles. The van der Waals surface area contributed by atoms with Gasteiger partial charge in [-0.3, -0.25) is 0 Å². The molecule has 0 fully saturated rings. The molecule has 0 bridgehead atoms. The van der Waals surface area contributed by atoms with Crippen molar-refractivity contribution in [2.24, 2.45) is 0 Å². The molecule has 13 heavy (non-hydrogen) atoms. The number of hydrogen-bond acceptors (Lipinski definition) is 1. The van der Waals surface area contributed by atoms with E-state index in [1.807, 2.05) is 13.0 Å². The van der Waals surface area contributed by atoms with Gasteiger partial charge in [0.15, 0.2) is 0 Å². The first-order valence-electron chi connectivity index (χ1n) is 4.52.